The van der Waals surface area contributed by atoms with Gasteiger partial charge in [-0.2, -0.15) is 5.26 Å². The molecule has 0 bridgehead atoms. The summed E-state index contributed by atoms with van der Waals surface area (Å²) in [5, 5.41) is 9.16. The van der Waals surface area contributed by atoms with E-state index in [9.17, 15) is 9.36 Å². The van der Waals surface area contributed by atoms with E-state index in [1.54, 1.807) is 55.5 Å². The maximum absolute atomic E-state index is 13.5. The number of para-hydroxylation sites is 1. The predicted octanol–water partition coefficient (Wildman–Crippen LogP) is 4.57. The van der Waals surface area contributed by atoms with Crippen LogP contribution in [0.2, 0.25) is 0 Å². The highest BCUT2D eigenvalue weighted by Gasteiger charge is 2.42. The van der Waals surface area contributed by atoms with Gasteiger partial charge in [-0.1, -0.05) is 24.3 Å². The minimum absolute atomic E-state index is 0.140. The first-order valence-electron chi connectivity index (χ1n) is 7.96. The van der Waals surface area contributed by atoms with Crippen LogP contribution in [0.4, 0.5) is 0 Å². The first-order valence-corrected chi connectivity index (χ1v) is 9.50. The lowest BCUT2D eigenvalue weighted by molar-refractivity contribution is -0.134. The monoisotopic (exact) mass is 369 g/mol. The molecule has 0 saturated carbocycles. The fourth-order valence-electron chi connectivity index (χ4n) is 2.66. The molecule has 1 aliphatic rings. The Kier molecular flexibility index (Phi) is 4.94. The number of rotatable bonds is 4. The molecule has 0 amide bonds. The molecule has 0 N–H and O–H groups in total. The first-order chi connectivity index (χ1) is 12.5. The fourth-order valence-corrected chi connectivity index (χ4v) is 4.57. The lowest BCUT2D eigenvalue weighted by Crippen LogP contribution is -2.12. The number of ether oxygens (including phenoxy) is 1. The van der Waals surface area contributed by atoms with Gasteiger partial charge in [0.25, 0.3) is 0 Å². The Labute approximate surface area is 151 Å². The molecule has 1 heterocycles. The Morgan fingerprint density at radius 2 is 1.88 bits per heavy atom. The normalized spacial score (nSPS) is 18.5. The zero-order valence-corrected chi connectivity index (χ0v) is 15.2. The highest BCUT2D eigenvalue weighted by Crippen LogP contribution is 2.66. The van der Waals surface area contributed by atoms with Gasteiger partial charge < -0.3 is 9.26 Å². The smallest absolute Gasteiger partial charge is 0.415 e. The van der Waals surface area contributed by atoms with Crippen LogP contribution in [0.15, 0.2) is 48.5 Å². The summed E-state index contributed by atoms with van der Waals surface area (Å²) in [6.45, 7) is 3.12. The summed E-state index contributed by atoms with van der Waals surface area (Å²) in [4.78, 5) is 11.7. The molecule has 1 atom stereocenters. The van der Waals surface area contributed by atoms with E-state index in [-0.39, 0.29) is 17.7 Å². The van der Waals surface area contributed by atoms with Crippen molar-refractivity contribution in [3.8, 4) is 11.8 Å². The van der Waals surface area contributed by atoms with Crippen LogP contribution in [0.25, 0.3) is 11.1 Å². The zero-order valence-electron chi connectivity index (χ0n) is 14.3. The van der Waals surface area contributed by atoms with Gasteiger partial charge in [0.2, 0.25) is 0 Å². The van der Waals surface area contributed by atoms with Crippen LogP contribution >= 0.6 is 7.60 Å². The number of carbonyl (C=O) groups is 1. The van der Waals surface area contributed by atoms with Gasteiger partial charge >= 0.3 is 13.6 Å². The van der Waals surface area contributed by atoms with E-state index in [0.29, 0.717) is 22.4 Å². The van der Waals surface area contributed by atoms with Gasteiger partial charge in [0.15, 0.2) is 5.76 Å². The van der Waals surface area contributed by atoms with E-state index < -0.39 is 13.6 Å². The minimum atomic E-state index is -3.79. The molecule has 0 radical (unpaired) electrons. The predicted molar refractivity (Wildman–Crippen MR) is 96.0 cm³/mol. The van der Waals surface area contributed by atoms with E-state index in [0.717, 1.165) is 0 Å². The van der Waals surface area contributed by atoms with Crippen LogP contribution in [0.1, 0.15) is 30.5 Å². The van der Waals surface area contributed by atoms with E-state index in [1.807, 2.05) is 6.07 Å². The van der Waals surface area contributed by atoms with Crippen molar-refractivity contribution in [3.63, 3.8) is 0 Å². The van der Waals surface area contributed by atoms with Crippen LogP contribution in [0.3, 0.4) is 0 Å². The number of nitriles is 1. The van der Waals surface area contributed by atoms with Crippen molar-refractivity contribution >= 4 is 24.6 Å². The quantitative estimate of drug-likeness (QED) is 0.580. The van der Waals surface area contributed by atoms with Crippen molar-refractivity contribution in [2.75, 3.05) is 6.61 Å². The van der Waals surface area contributed by atoms with Crippen molar-refractivity contribution in [2.24, 2.45) is 0 Å². The lowest BCUT2D eigenvalue weighted by atomic mass is 10.1. The standard InChI is InChI=1S/C19H16NO5P/c1-3-23-26(22)19(15-10-8-14(12-20)9-11-15)18(24-13(2)21)16-6-4-5-7-17(16)25-26/h4-11H,3H2,1-2H3. The molecule has 3 rings (SSSR count). The molecular formula is C19H16NO5P. The second-order valence-corrected chi connectivity index (χ2v) is 7.35. The average molecular weight is 369 g/mol. The fraction of sp³-hybridized carbons (Fsp3) is 0.158. The molecule has 7 heteroatoms. The second-order valence-electron chi connectivity index (χ2n) is 5.46. The topological polar surface area (TPSA) is 85.6 Å². The van der Waals surface area contributed by atoms with Gasteiger partial charge in [-0.25, -0.2) is 4.57 Å². The molecule has 1 aliphatic heterocycles. The van der Waals surface area contributed by atoms with E-state index in [1.165, 1.54) is 6.92 Å². The summed E-state index contributed by atoms with van der Waals surface area (Å²) in [6, 6.07) is 15.3. The summed E-state index contributed by atoms with van der Waals surface area (Å²) >= 11 is 0. The SMILES string of the molecule is CCOP1(=O)Oc2ccccc2C(OC(C)=O)=C1c1ccc(C#N)cc1. The molecule has 0 fully saturated rings. The van der Waals surface area contributed by atoms with E-state index in [4.69, 9.17) is 19.0 Å². The van der Waals surface area contributed by atoms with Gasteiger partial charge in [0.1, 0.15) is 11.1 Å². The zero-order chi connectivity index (χ0) is 18.7. The number of carbonyl (C=O) groups excluding carboxylic acids is 1. The Balaban J connectivity index is 2.31. The summed E-state index contributed by atoms with van der Waals surface area (Å²) < 4.78 is 30.1. The van der Waals surface area contributed by atoms with Crippen molar-refractivity contribution < 1.29 is 23.1 Å². The van der Waals surface area contributed by atoms with Crippen molar-refractivity contribution in [1.82, 2.24) is 0 Å². The Morgan fingerprint density at radius 3 is 2.50 bits per heavy atom. The van der Waals surface area contributed by atoms with Crippen molar-refractivity contribution in [3.05, 3.63) is 65.2 Å². The third-order valence-electron chi connectivity index (χ3n) is 3.67. The molecule has 2 aromatic rings. The highest BCUT2D eigenvalue weighted by molar-refractivity contribution is 7.66. The van der Waals surface area contributed by atoms with Gasteiger partial charge in [0.05, 0.1) is 23.8 Å². The van der Waals surface area contributed by atoms with Crippen molar-refractivity contribution in [2.45, 2.75) is 13.8 Å². The number of benzene rings is 2. The third-order valence-corrected chi connectivity index (χ3v) is 5.72. The molecule has 2 aromatic carbocycles. The molecule has 0 aromatic heterocycles. The van der Waals surface area contributed by atoms with Crippen LogP contribution in [-0.4, -0.2) is 12.6 Å². The molecule has 132 valence electrons. The third kappa shape index (κ3) is 3.28. The summed E-state index contributed by atoms with van der Waals surface area (Å²) in [7, 11) is -3.79. The maximum atomic E-state index is 13.5. The van der Waals surface area contributed by atoms with Gasteiger partial charge in [-0.15, -0.1) is 0 Å². The van der Waals surface area contributed by atoms with Gasteiger partial charge in [0, 0.05) is 6.92 Å². The highest BCUT2D eigenvalue weighted by atomic mass is 31.2. The largest absolute Gasteiger partial charge is 0.425 e. The number of hydrogen-bond acceptors (Lipinski definition) is 6. The number of esters is 1. The Hall–Kier alpha value is -2.87. The van der Waals surface area contributed by atoms with Crippen LogP contribution < -0.4 is 4.52 Å². The lowest BCUT2D eigenvalue weighted by Gasteiger charge is -2.29. The van der Waals surface area contributed by atoms with Crippen LogP contribution in [0, 0.1) is 11.3 Å². The minimum Gasteiger partial charge on any atom is -0.425 e. The number of fused-ring (bicyclic) bond motifs is 1. The molecule has 26 heavy (non-hydrogen) atoms. The maximum Gasteiger partial charge on any atom is 0.415 e. The summed E-state index contributed by atoms with van der Waals surface area (Å²) in [6.07, 6.45) is 0. The van der Waals surface area contributed by atoms with Gasteiger partial charge in [-0.3, -0.25) is 9.32 Å². The van der Waals surface area contributed by atoms with Crippen LogP contribution in [-0.2, 0) is 18.6 Å². The number of nitrogens with zero attached hydrogens (tertiary/aromatic N) is 1. The summed E-state index contributed by atoms with van der Waals surface area (Å²) in [5.74, 6) is -0.0929. The van der Waals surface area contributed by atoms with E-state index >= 15 is 0 Å². The molecule has 6 nitrogen and oxygen atoms in total. The first kappa shape index (κ1) is 17.9. The number of hydrogen-bond donors (Lipinski definition) is 0. The van der Waals surface area contributed by atoms with Crippen LogP contribution in [0.5, 0.6) is 5.75 Å². The average Bonchev–Trinajstić information content (AvgIpc) is 2.61. The summed E-state index contributed by atoms with van der Waals surface area (Å²) in [5.41, 5.74) is 1.45. The molecular weight excluding hydrogens is 353 g/mol. The molecule has 1 unspecified atom stereocenters. The van der Waals surface area contributed by atoms with Gasteiger partial charge in [-0.05, 0) is 36.8 Å². The van der Waals surface area contributed by atoms with Crippen molar-refractivity contribution in [1.29, 1.82) is 5.26 Å². The Morgan fingerprint density at radius 1 is 1.19 bits per heavy atom. The molecule has 0 spiro atoms. The Bertz CT molecular complexity index is 972. The van der Waals surface area contributed by atoms with E-state index in [2.05, 4.69) is 0 Å². The molecule has 0 saturated heterocycles. The second kappa shape index (κ2) is 7.17. The molecule has 0 aliphatic carbocycles.